The highest BCUT2D eigenvalue weighted by molar-refractivity contribution is 5.83. The molecule has 2 aliphatic carbocycles. The van der Waals surface area contributed by atoms with Gasteiger partial charge in [0.15, 0.2) is 0 Å². The minimum Gasteiger partial charge on any atom is -0.0955 e. The van der Waals surface area contributed by atoms with Crippen LogP contribution in [0, 0.1) is 5.92 Å². The van der Waals surface area contributed by atoms with Gasteiger partial charge in [-0.15, -0.1) is 0 Å². The van der Waals surface area contributed by atoms with Gasteiger partial charge in [-0.25, -0.2) is 0 Å². The van der Waals surface area contributed by atoms with Crippen molar-refractivity contribution < 1.29 is 0 Å². The second-order valence-corrected chi connectivity index (χ2v) is 8.64. The van der Waals surface area contributed by atoms with E-state index in [1.807, 2.05) is 0 Å². The van der Waals surface area contributed by atoms with E-state index in [1.54, 1.807) is 0 Å². The third kappa shape index (κ3) is 2.75. The first-order valence-electron chi connectivity index (χ1n) is 9.77. The molecule has 0 unspecified atom stereocenters. The maximum absolute atomic E-state index is 4.29. The summed E-state index contributed by atoms with van der Waals surface area (Å²) in [4.78, 5) is 0. The van der Waals surface area contributed by atoms with E-state index < -0.39 is 0 Å². The highest BCUT2D eigenvalue weighted by Crippen LogP contribution is 2.48. The van der Waals surface area contributed by atoms with Crippen LogP contribution < -0.4 is 0 Å². The van der Waals surface area contributed by atoms with Crippen LogP contribution in [0.5, 0.6) is 0 Å². The summed E-state index contributed by atoms with van der Waals surface area (Å²) in [7, 11) is 0. The number of fused-ring (bicyclic) bond motifs is 3. The number of benzene rings is 2. The first kappa shape index (κ1) is 17.8. The van der Waals surface area contributed by atoms with E-state index >= 15 is 0 Å². The molecule has 0 bridgehead atoms. The van der Waals surface area contributed by atoms with Crippen LogP contribution >= 0.6 is 0 Å². The standard InChI is InChI=1S/C27H28/c1-17(2)19-11-12-23-20(15-19)16-25-24(23)14-13-22(18(3)4)26(25)27(5,6)21-9-7-8-10-21/h7-15,21H,1,3,16H2,2,4-6H3. The molecule has 0 heteroatoms. The molecule has 0 saturated carbocycles. The van der Waals surface area contributed by atoms with Gasteiger partial charge in [0.05, 0.1) is 0 Å². The molecule has 0 N–H and O–H groups in total. The number of hydrogen-bond donors (Lipinski definition) is 0. The minimum atomic E-state index is 0.0162. The quantitative estimate of drug-likeness (QED) is 0.460. The van der Waals surface area contributed by atoms with Crippen molar-refractivity contribution in [3.05, 3.63) is 95.6 Å². The summed E-state index contributed by atoms with van der Waals surface area (Å²) < 4.78 is 0. The van der Waals surface area contributed by atoms with Gasteiger partial charge in [0, 0.05) is 11.3 Å². The zero-order valence-corrected chi connectivity index (χ0v) is 16.9. The Morgan fingerprint density at radius 2 is 1.59 bits per heavy atom. The number of rotatable bonds is 4. The van der Waals surface area contributed by atoms with Gasteiger partial charge in [0.1, 0.15) is 0 Å². The smallest absolute Gasteiger partial charge is 0.00448 e. The Morgan fingerprint density at radius 1 is 0.926 bits per heavy atom. The molecule has 0 spiro atoms. The van der Waals surface area contributed by atoms with Crippen LogP contribution in [0.15, 0.2) is 67.8 Å². The van der Waals surface area contributed by atoms with Crippen LogP contribution in [0.3, 0.4) is 0 Å². The Kier molecular flexibility index (Phi) is 4.11. The van der Waals surface area contributed by atoms with Gasteiger partial charge in [0.25, 0.3) is 0 Å². The highest BCUT2D eigenvalue weighted by atomic mass is 14.4. The van der Waals surface area contributed by atoms with Gasteiger partial charge < -0.3 is 0 Å². The summed E-state index contributed by atoms with van der Waals surface area (Å²) in [5.41, 5.74) is 11.9. The first-order valence-corrected chi connectivity index (χ1v) is 9.77. The van der Waals surface area contributed by atoms with Crippen molar-refractivity contribution in [3.63, 3.8) is 0 Å². The fraction of sp³-hybridized carbons (Fsp3) is 0.259. The van der Waals surface area contributed by atoms with Crippen LogP contribution in [0.25, 0.3) is 22.3 Å². The largest absolute Gasteiger partial charge is 0.0955 e. The first-order chi connectivity index (χ1) is 12.8. The molecule has 0 radical (unpaired) electrons. The van der Waals surface area contributed by atoms with Gasteiger partial charge in [-0.3, -0.25) is 0 Å². The lowest BCUT2D eigenvalue weighted by Gasteiger charge is -2.34. The van der Waals surface area contributed by atoms with Crippen molar-refractivity contribution in [1.29, 1.82) is 0 Å². The number of hydrogen-bond acceptors (Lipinski definition) is 0. The second kappa shape index (κ2) is 6.23. The molecule has 0 heterocycles. The van der Waals surface area contributed by atoms with Gasteiger partial charge in [-0.2, -0.15) is 0 Å². The molecule has 0 aromatic heterocycles. The van der Waals surface area contributed by atoms with Crippen molar-refractivity contribution in [2.45, 2.75) is 39.5 Å². The molecule has 0 fully saturated rings. The third-order valence-corrected chi connectivity index (χ3v) is 6.25. The number of allylic oxidation sites excluding steroid dienone is 6. The highest BCUT2D eigenvalue weighted by Gasteiger charge is 2.36. The lowest BCUT2D eigenvalue weighted by atomic mass is 9.69. The Balaban J connectivity index is 1.93. The lowest BCUT2D eigenvalue weighted by Crippen LogP contribution is -2.28. The monoisotopic (exact) mass is 352 g/mol. The zero-order chi connectivity index (χ0) is 19.3. The van der Waals surface area contributed by atoms with Crippen molar-refractivity contribution in [2.75, 3.05) is 0 Å². The van der Waals surface area contributed by atoms with Gasteiger partial charge in [-0.1, -0.05) is 92.8 Å². The molecule has 0 nitrogen and oxygen atoms in total. The summed E-state index contributed by atoms with van der Waals surface area (Å²) in [5, 5.41) is 0. The van der Waals surface area contributed by atoms with E-state index in [4.69, 9.17) is 0 Å². The van der Waals surface area contributed by atoms with Crippen LogP contribution in [0.1, 0.15) is 55.5 Å². The Morgan fingerprint density at radius 3 is 2.22 bits per heavy atom. The molecule has 4 rings (SSSR count). The van der Waals surface area contributed by atoms with E-state index in [0.717, 1.165) is 17.6 Å². The van der Waals surface area contributed by atoms with E-state index in [9.17, 15) is 0 Å². The topological polar surface area (TPSA) is 0 Å². The van der Waals surface area contributed by atoms with Crippen LogP contribution in [0.2, 0.25) is 0 Å². The van der Waals surface area contributed by atoms with Crippen molar-refractivity contribution in [1.82, 2.24) is 0 Å². The molecular weight excluding hydrogens is 324 g/mol. The molecule has 27 heavy (non-hydrogen) atoms. The van der Waals surface area contributed by atoms with Gasteiger partial charge >= 0.3 is 0 Å². The molecular formula is C27H28. The Hall–Kier alpha value is -2.60. The normalized spacial score (nSPS) is 15.1. The molecule has 2 aromatic rings. The summed E-state index contributed by atoms with van der Waals surface area (Å²) in [5.74, 6) is 0.414. The van der Waals surface area contributed by atoms with Gasteiger partial charge in [-0.05, 0) is 59.2 Å². The average Bonchev–Trinajstić information content (AvgIpc) is 3.27. The Labute approximate surface area is 163 Å². The van der Waals surface area contributed by atoms with Crippen molar-refractivity contribution >= 4 is 11.1 Å². The van der Waals surface area contributed by atoms with Crippen LogP contribution in [-0.4, -0.2) is 0 Å². The zero-order valence-electron chi connectivity index (χ0n) is 16.9. The molecule has 2 aliphatic rings. The lowest BCUT2D eigenvalue weighted by molar-refractivity contribution is 0.444. The molecule has 0 atom stereocenters. The van der Waals surface area contributed by atoms with E-state index in [1.165, 1.54) is 38.9 Å². The van der Waals surface area contributed by atoms with E-state index in [-0.39, 0.29) is 5.41 Å². The maximum atomic E-state index is 4.29. The van der Waals surface area contributed by atoms with Crippen molar-refractivity contribution in [3.8, 4) is 11.1 Å². The Bertz CT molecular complexity index is 1010. The minimum absolute atomic E-state index is 0.0162. The SMILES string of the molecule is C=C(C)c1ccc2c(c1)Cc1c-2ccc(C(=C)C)c1C(C)(C)C1C=CC=C1. The molecule has 2 aromatic carbocycles. The predicted molar refractivity (Wildman–Crippen MR) is 119 cm³/mol. The van der Waals surface area contributed by atoms with E-state index in [2.05, 4.69) is 95.5 Å². The maximum Gasteiger partial charge on any atom is 0.00448 e. The second-order valence-electron chi connectivity index (χ2n) is 8.64. The van der Waals surface area contributed by atoms with Gasteiger partial charge in [0.2, 0.25) is 0 Å². The third-order valence-electron chi connectivity index (χ3n) is 6.25. The molecule has 0 saturated heterocycles. The van der Waals surface area contributed by atoms with Crippen molar-refractivity contribution in [2.24, 2.45) is 5.92 Å². The molecule has 0 aliphatic heterocycles. The van der Waals surface area contributed by atoms with Crippen LogP contribution in [-0.2, 0) is 11.8 Å². The molecule has 136 valence electrons. The average molecular weight is 353 g/mol. The summed E-state index contributed by atoms with van der Waals surface area (Å²) >= 11 is 0. The predicted octanol–water partition coefficient (Wildman–Crippen LogP) is 7.34. The summed E-state index contributed by atoms with van der Waals surface area (Å²) in [6, 6.07) is 11.4. The summed E-state index contributed by atoms with van der Waals surface area (Å²) in [6.07, 6.45) is 9.98. The van der Waals surface area contributed by atoms with E-state index in [0.29, 0.717) is 5.92 Å². The fourth-order valence-electron chi connectivity index (χ4n) is 4.71. The van der Waals surface area contributed by atoms with Crippen LogP contribution in [0.4, 0.5) is 0 Å². The fourth-order valence-corrected chi connectivity index (χ4v) is 4.71. The summed E-state index contributed by atoms with van der Waals surface area (Å²) in [6.45, 7) is 17.4. The molecule has 0 amide bonds.